The van der Waals surface area contributed by atoms with Crippen LogP contribution in [0.5, 0.6) is 0 Å². The van der Waals surface area contributed by atoms with E-state index in [9.17, 15) is 4.79 Å². The predicted octanol–water partition coefficient (Wildman–Crippen LogP) is 5.32. The van der Waals surface area contributed by atoms with E-state index in [2.05, 4.69) is 67.5 Å². The number of hydrogen-bond donors (Lipinski definition) is 1. The number of carbonyl (C=O) groups excluding carboxylic acids is 1. The minimum absolute atomic E-state index is 0.0738. The third kappa shape index (κ3) is 4.17. The zero-order valence-corrected chi connectivity index (χ0v) is 16.4. The lowest BCUT2D eigenvalue weighted by atomic mass is 9.98. The highest BCUT2D eigenvalue weighted by Crippen LogP contribution is 2.28. The van der Waals surface area contributed by atoms with Crippen LogP contribution in [0.1, 0.15) is 48.6 Å². The van der Waals surface area contributed by atoms with Crippen molar-refractivity contribution in [2.45, 2.75) is 39.5 Å². The van der Waals surface area contributed by atoms with Crippen LogP contribution in [0.3, 0.4) is 0 Å². The van der Waals surface area contributed by atoms with Crippen molar-refractivity contribution in [3.63, 3.8) is 0 Å². The van der Waals surface area contributed by atoms with E-state index in [0.717, 1.165) is 22.6 Å². The molecule has 0 aliphatic heterocycles. The Morgan fingerprint density at radius 1 is 0.962 bits per heavy atom. The quantitative estimate of drug-likeness (QED) is 0.681. The molecule has 1 amide bonds. The van der Waals surface area contributed by atoms with Gasteiger partial charge >= 0.3 is 0 Å². The number of amides is 1. The maximum Gasteiger partial charge on any atom is 0.257 e. The third-order valence-corrected chi connectivity index (χ3v) is 5.39. The Bertz CT molecular complexity index is 890. The number of aryl methyl sites for hydroxylation is 1. The van der Waals surface area contributed by atoms with E-state index in [4.69, 9.17) is 0 Å². The van der Waals surface area contributed by atoms with Crippen LogP contribution in [0.15, 0.2) is 48.5 Å². The number of rotatable bonds is 4. The van der Waals surface area contributed by atoms with Gasteiger partial charge in [-0.05, 0) is 35.2 Å². The molecule has 1 heterocycles. The minimum atomic E-state index is -0.172. The second-order valence-electron chi connectivity index (χ2n) is 7.24. The van der Waals surface area contributed by atoms with Crippen LogP contribution in [0.4, 0.5) is 5.13 Å². The normalized spacial score (nSPS) is 11.4. The number of benzene rings is 2. The van der Waals surface area contributed by atoms with Crippen LogP contribution in [0.25, 0.3) is 11.1 Å². The molecule has 0 saturated heterocycles. The lowest BCUT2D eigenvalue weighted by molar-refractivity contribution is 0.102. The molecule has 0 unspecified atom stereocenters. The zero-order valence-electron chi connectivity index (χ0n) is 15.5. The SMILES string of the molecule is CCc1ccc(-c2ccc(C(=O)Nc3nnc(C(C)(C)C)s3)cc2)cc1. The smallest absolute Gasteiger partial charge is 0.257 e. The summed E-state index contributed by atoms with van der Waals surface area (Å²) in [5.41, 5.74) is 4.08. The van der Waals surface area contributed by atoms with E-state index in [1.165, 1.54) is 16.9 Å². The molecule has 3 rings (SSSR count). The molecule has 0 radical (unpaired) electrons. The predicted molar refractivity (Wildman–Crippen MR) is 108 cm³/mol. The Morgan fingerprint density at radius 3 is 2.04 bits per heavy atom. The summed E-state index contributed by atoms with van der Waals surface area (Å²) >= 11 is 1.41. The fourth-order valence-corrected chi connectivity index (χ4v) is 3.29. The maximum atomic E-state index is 12.4. The molecule has 0 fully saturated rings. The molecule has 0 aliphatic carbocycles. The lowest BCUT2D eigenvalue weighted by Crippen LogP contribution is -2.11. The maximum absolute atomic E-state index is 12.4. The summed E-state index contributed by atoms with van der Waals surface area (Å²) in [6.07, 6.45) is 1.03. The van der Waals surface area contributed by atoms with Gasteiger partial charge in [-0.2, -0.15) is 0 Å². The summed E-state index contributed by atoms with van der Waals surface area (Å²) in [5.74, 6) is -0.172. The summed E-state index contributed by atoms with van der Waals surface area (Å²) in [6, 6.07) is 16.1. The second-order valence-corrected chi connectivity index (χ2v) is 8.22. The van der Waals surface area contributed by atoms with Gasteiger partial charge in [0.2, 0.25) is 5.13 Å². The van der Waals surface area contributed by atoms with Crippen molar-refractivity contribution in [1.82, 2.24) is 10.2 Å². The summed E-state index contributed by atoms with van der Waals surface area (Å²) in [7, 11) is 0. The Morgan fingerprint density at radius 2 is 1.54 bits per heavy atom. The highest BCUT2D eigenvalue weighted by atomic mass is 32.1. The molecular weight excluding hydrogens is 342 g/mol. The van der Waals surface area contributed by atoms with Crippen LogP contribution in [0.2, 0.25) is 0 Å². The molecule has 0 bridgehead atoms. The summed E-state index contributed by atoms with van der Waals surface area (Å²) in [5, 5.41) is 12.5. The molecule has 1 N–H and O–H groups in total. The molecule has 0 spiro atoms. The molecule has 2 aromatic carbocycles. The first-order valence-corrected chi connectivity index (χ1v) is 9.53. The van der Waals surface area contributed by atoms with Crippen LogP contribution >= 0.6 is 11.3 Å². The highest BCUT2D eigenvalue weighted by Gasteiger charge is 2.20. The van der Waals surface area contributed by atoms with E-state index in [-0.39, 0.29) is 11.3 Å². The first-order valence-electron chi connectivity index (χ1n) is 8.71. The fraction of sp³-hybridized carbons (Fsp3) is 0.286. The number of anilines is 1. The van der Waals surface area contributed by atoms with E-state index in [1.807, 2.05) is 24.3 Å². The first-order chi connectivity index (χ1) is 12.4. The van der Waals surface area contributed by atoms with Gasteiger partial charge in [-0.3, -0.25) is 10.1 Å². The van der Waals surface area contributed by atoms with Crippen LogP contribution < -0.4 is 5.32 Å². The van der Waals surface area contributed by atoms with Crippen molar-refractivity contribution in [3.8, 4) is 11.1 Å². The van der Waals surface area contributed by atoms with Gasteiger partial charge in [0.1, 0.15) is 5.01 Å². The Hall–Kier alpha value is -2.53. The van der Waals surface area contributed by atoms with Crippen molar-refractivity contribution >= 4 is 22.4 Å². The molecule has 0 saturated carbocycles. The van der Waals surface area contributed by atoms with Gasteiger partial charge in [0.15, 0.2) is 0 Å². The van der Waals surface area contributed by atoms with Gasteiger partial charge < -0.3 is 0 Å². The standard InChI is InChI=1S/C21H23N3OS/c1-5-14-6-8-15(9-7-14)16-10-12-17(13-11-16)18(25)22-20-24-23-19(26-20)21(2,3)4/h6-13H,5H2,1-4H3,(H,22,24,25). The average Bonchev–Trinajstić information content (AvgIpc) is 3.11. The van der Waals surface area contributed by atoms with Gasteiger partial charge in [0, 0.05) is 11.0 Å². The van der Waals surface area contributed by atoms with E-state index >= 15 is 0 Å². The lowest BCUT2D eigenvalue weighted by Gasteiger charge is -2.12. The molecule has 4 nitrogen and oxygen atoms in total. The number of nitrogens with one attached hydrogen (secondary N) is 1. The van der Waals surface area contributed by atoms with Crippen molar-refractivity contribution in [2.24, 2.45) is 0 Å². The van der Waals surface area contributed by atoms with E-state index < -0.39 is 0 Å². The number of nitrogens with zero attached hydrogens (tertiary/aromatic N) is 2. The Balaban J connectivity index is 1.71. The van der Waals surface area contributed by atoms with E-state index in [0.29, 0.717) is 10.7 Å². The first kappa shape index (κ1) is 18.3. The molecule has 3 aromatic rings. The monoisotopic (exact) mass is 365 g/mol. The Labute approximate surface area is 158 Å². The summed E-state index contributed by atoms with van der Waals surface area (Å²) in [4.78, 5) is 12.4. The topological polar surface area (TPSA) is 54.9 Å². The van der Waals surface area contributed by atoms with Gasteiger partial charge in [0.05, 0.1) is 0 Å². The largest absolute Gasteiger partial charge is 0.296 e. The van der Waals surface area contributed by atoms with Gasteiger partial charge in [-0.25, -0.2) is 0 Å². The van der Waals surface area contributed by atoms with Crippen molar-refractivity contribution in [3.05, 3.63) is 64.7 Å². The summed E-state index contributed by atoms with van der Waals surface area (Å²) < 4.78 is 0. The van der Waals surface area contributed by atoms with Gasteiger partial charge in [-0.15, -0.1) is 10.2 Å². The number of aromatic nitrogens is 2. The molecule has 26 heavy (non-hydrogen) atoms. The minimum Gasteiger partial charge on any atom is -0.296 e. The van der Waals surface area contributed by atoms with Crippen LogP contribution in [0, 0.1) is 0 Å². The average molecular weight is 366 g/mol. The second kappa shape index (κ2) is 7.38. The molecular formula is C21H23N3OS. The molecule has 0 aliphatic rings. The van der Waals surface area contributed by atoms with E-state index in [1.54, 1.807) is 0 Å². The highest BCUT2D eigenvalue weighted by molar-refractivity contribution is 7.15. The van der Waals surface area contributed by atoms with Crippen molar-refractivity contribution < 1.29 is 4.79 Å². The number of carbonyl (C=O) groups is 1. The van der Waals surface area contributed by atoms with Crippen LogP contribution in [-0.2, 0) is 11.8 Å². The zero-order chi connectivity index (χ0) is 18.7. The van der Waals surface area contributed by atoms with Crippen LogP contribution in [-0.4, -0.2) is 16.1 Å². The number of hydrogen-bond acceptors (Lipinski definition) is 4. The van der Waals surface area contributed by atoms with Gasteiger partial charge in [0.25, 0.3) is 5.91 Å². The fourth-order valence-electron chi connectivity index (χ4n) is 2.49. The molecule has 5 heteroatoms. The van der Waals surface area contributed by atoms with Gasteiger partial charge in [-0.1, -0.05) is 75.4 Å². The van der Waals surface area contributed by atoms with Crippen molar-refractivity contribution in [2.75, 3.05) is 5.32 Å². The molecule has 134 valence electrons. The van der Waals surface area contributed by atoms with Crippen molar-refractivity contribution in [1.29, 1.82) is 0 Å². The Kier molecular flexibility index (Phi) is 5.18. The molecule has 1 aromatic heterocycles. The molecule has 0 atom stereocenters. The summed E-state index contributed by atoms with van der Waals surface area (Å²) in [6.45, 7) is 8.37. The third-order valence-electron chi connectivity index (χ3n) is 4.13.